The van der Waals surface area contributed by atoms with Gasteiger partial charge in [0.1, 0.15) is 13.2 Å². The van der Waals surface area contributed by atoms with Crippen LogP contribution in [0.5, 0.6) is 0 Å². The van der Waals surface area contributed by atoms with E-state index in [9.17, 15) is 22.4 Å². The van der Waals surface area contributed by atoms with E-state index in [1.807, 2.05) is 0 Å². The molecule has 0 amide bonds. The van der Waals surface area contributed by atoms with Crippen molar-refractivity contribution in [1.29, 1.82) is 0 Å². The SMILES string of the molecule is Cc1nn(C)c(CC(=O)COCC(F)(F)C(F)F)c1Cl. The summed E-state index contributed by atoms with van der Waals surface area (Å²) in [4.78, 5) is 11.5. The number of ether oxygens (including phenoxy) is 1. The number of aromatic nitrogens is 2. The molecule has 9 heteroatoms. The molecule has 0 bridgehead atoms. The zero-order valence-corrected chi connectivity index (χ0v) is 11.6. The van der Waals surface area contributed by atoms with Crippen LogP contribution in [0.1, 0.15) is 11.4 Å². The summed E-state index contributed by atoms with van der Waals surface area (Å²) in [5.74, 6) is -4.82. The molecule has 0 spiro atoms. The third-order valence-electron chi connectivity index (χ3n) is 2.50. The summed E-state index contributed by atoms with van der Waals surface area (Å²) in [6, 6.07) is 0. The zero-order valence-electron chi connectivity index (χ0n) is 10.8. The fourth-order valence-corrected chi connectivity index (χ4v) is 1.70. The van der Waals surface area contributed by atoms with Gasteiger partial charge in [0.25, 0.3) is 0 Å². The van der Waals surface area contributed by atoms with Gasteiger partial charge in [-0.2, -0.15) is 13.9 Å². The topological polar surface area (TPSA) is 44.1 Å². The Morgan fingerprint density at radius 2 is 2.10 bits per heavy atom. The molecule has 0 aliphatic rings. The average molecular weight is 317 g/mol. The molecule has 1 aromatic heterocycles. The Hall–Kier alpha value is -1.15. The van der Waals surface area contributed by atoms with Crippen molar-refractivity contribution in [2.24, 2.45) is 7.05 Å². The summed E-state index contributed by atoms with van der Waals surface area (Å²) >= 11 is 5.91. The van der Waals surface area contributed by atoms with Crippen LogP contribution in [0.2, 0.25) is 5.02 Å². The third-order valence-corrected chi connectivity index (χ3v) is 2.99. The van der Waals surface area contributed by atoms with Crippen molar-refractivity contribution in [3.8, 4) is 0 Å². The number of ketones is 1. The van der Waals surface area contributed by atoms with Gasteiger partial charge >= 0.3 is 12.3 Å². The smallest absolute Gasteiger partial charge is 0.330 e. The van der Waals surface area contributed by atoms with Crippen molar-refractivity contribution in [2.75, 3.05) is 13.2 Å². The van der Waals surface area contributed by atoms with Crippen LogP contribution in [-0.2, 0) is 23.0 Å². The number of hydrogen-bond acceptors (Lipinski definition) is 3. The molecule has 0 unspecified atom stereocenters. The van der Waals surface area contributed by atoms with Gasteiger partial charge in [-0.05, 0) is 6.92 Å². The number of Topliss-reactive ketones (excluding diaryl/α,β-unsaturated/α-hetero) is 1. The van der Waals surface area contributed by atoms with Crippen LogP contribution in [-0.4, -0.2) is 41.1 Å². The highest BCUT2D eigenvalue weighted by molar-refractivity contribution is 6.32. The van der Waals surface area contributed by atoms with Crippen molar-refractivity contribution < 1.29 is 27.1 Å². The molecule has 0 aromatic carbocycles. The quantitative estimate of drug-likeness (QED) is 0.726. The van der Waals surface area contributed by atoms with Crippen LogP contribution in [0.4, 0.5) is 17.6 Å². The minimum Gasteiger partial charge on any atom is -0.367 e. The van der Waals surface area contributed by atoms with Crippen LogP contribution < -0.4 is 0 Å². The van der Waals surface area contributed by atoms with Crippen LogP contribution >= 0.6 is 11.6 Å². The molecule has 1 aromatic rings. The van der Waals surface area contributed by atoms with Crippen LogP contribution in [0, 0.1) is 6.92 Å². The predicted molar refractivity (Wildman–Crippen MR) is 63.4 cm³/mol. The highest BCUT2D eigenvalue weighted by atomic mass is 35.5. The highest BCUT2D eigenvalue weighted by Gasteiger charge is 2.41. The van der Waals surface area contributed by atoms with Gasteiger partial charge in [0.05, 0.1) is 22.8 Å². The number of rotatable bonds is 7. The number of aryl methyl sites for hydroxylation is 2. The largest absolute Gasteiger partial charge is 0.367 e. The Bertz CT molecular complexity index is 491. The molecular weight excluding hydrogens is 304 g/mol. The van der Waals surface area contributed by atoms with Crippen molar-refractivity contribution >= 4 is 17.4 Å². The lowest BCUT2D eigenvalue weighted by molar-refractivity contribution is -0.168. The molecule has 0 atom stereocenters. The van der Waals surface area contributed by atoms with E-state index < -0.39 is 31.3 Å². The van der Waals surface area contributed by atoms with Gasteiger partial charge in [0.2, 0.25) is 0 Å². The summed E-state index contributed by atoms with van der Waals surface area (Å²) in [6.07, 6.45) is -4.00. The predicted octanol–water partition coefficient (Wildman–Crippen LogP) is 2.41. The monoisotopic (exact) mass is 316 g/mol. The molecule has 4 nitrogen and oxygen atoms in total. The third kappa shape index (κ3) is 4.17. The van der Waals surface area contributed by atoms with Gasteiger partial charge in [-0.1, -0.05) is 11.6 Å². The second-order valence-corrected chi connectivity index (χ2v) is 4.62. The molecule has 1 rings (SSSR count). The van der Waals surface area contributed by atoms with Gasteiger partial charge in [-0.25, -0.2) is 8.78 Å². The van der Waals surface area contributed by atoms with E-state index >= 15 is 0 Å². The first-order chi connectivity index (χ1) is 9.15. The fraction of sp³-hybridized carbons (Fsp3) is 0.636. The minimum absolute atomic E-state index is 0.170. The average Bonchev–Trinajstić information content (AvgIpc) is 2.55. The Labute approximate surface area is 117 Å². The highest BCUT2D eigenvalue weighted by Crippen LogP contribution is 2.23. The van der Waals surface area contributed by atoms with Crippen molar-refractivity contribution in [1.82, 2.24) is 9.78 Å². The molecule has 0 saturated heterocycles. The summed E-state index contributed by atoms with van der Waals surface area (Å²) in [6.45, 7) is -0.548. The first-order valence-corrected chi connectivity index (χ1v) is 5.96. The number of alkyl halides is 4. The summed E-state index contributed by atoms with van der Waals surface area (Å²) in [5, 5.41) is 4.28. The van der Waals surface area contributed by atoms with Gasteiger partial charge in [0, 0.05) is 7.05 Å². The number of nitrogens with zero attached hydrogens (tertiary/aromatic N) is 2. The van der Waals surface area contributed by atoms with Gasteiger partial charge in [0.15, 0.2) is 5.78 Å². The van der Waals surface area contributed by atoms with E-state index in [1.165, 1.54) is 4.68 Å². The second kappa shape index (κ2) is 6.53. The summed E-state index contributed by atoms with van der Waals surface area (Å²) < 4.78 is 54.5. The van der Waals surface area contributed by atoms with Gasteiger partial charge < -0.3 is 4.74 Å². The lowest BCUT2D eigenvalue weighted by Crippen LogP contribution is -2.33. The Morgan fingerprint density at radius 1 is 1.50 bits per heavy atom. The molecule has 20 heavy (non-hydrogen) atoms. The van der Waals surface area contributed by atoms with E-state index in [0.29, 0.717) is 16.4 Å². The molecule has 0 N–H and O–H groups in total. The van der Waals surface area contributed by atoms with Gasteiger partial charge in [-0.15, -0.1) is 0 Å². The molecule has 0 aliphatic heterocycles. The minimum atomic E-state index is -4.26. The Kier molecular flexibility index (Phi) is 5.52. The molecular formula is C11H13ClF4N2O2. The maximum Gasteiger partial charge on any atom is 0.330 e. The molecule has 114 valence electrons. The normalized spacial score (nSPS) is 12.2. The van der Waals surface area contributed by atoms with E-state index in [1.54, 1.807) is 14.0 Å². The molecule has 1 heterocycles. The van der Waals surface area contributed by atoms with Crippen molar-refractivity contribution in [2.45, 2.75) is 25.7 Å². The summed E-state index contributed by atoms with van der Waals surface area (Å²) in [5.41, 5.74) is 0.945. The standard InChI is InChI=1S/C11H13ClF4N2O2/c1-6-9(12)8(18(2)17-6)3-7(19)4-20-5-11(15,16)10(13)14/h10H,3-5H2,1-2H3. The summed E-state index contributed by atoms with van der Waals surface area (Å²) in [7, 11) is 1.58. The second-order valence-electron chi connectivity index (χ2n) is 4.24. The number of halogens is 5. The lowest BCUT2D eigenvalue weighted by Gasteiger charge is -2.14. The van der Waals surface area contributed by atoms with Crippen molar-refractivity contribution in [3.63, 3.8) is 0 Å². The fourth-order valence-electron chi connectivity index (χ4n) is 1.47. The number of hydrogen-bond donors (Lipinski definition) is 0. The van der Waals surface area contributed by atoms with Crippen LogP contribution in [0.25, 0.3) is 0 Å². The maximum absolute atomic E-state index is 12.5. The maximum atomic E-state index is 12.5. The zero-order chi connectivity index (χ0) is 15.5. The molecule has 0 saturated carbocycles. The molecule has 0 fully saturated rings. The lowest BCUT2D eigenvalue weighted by atomic mass is 10.2. The van der Waals surface area contributed by atoms with Gasteiger partial charge in [-0.3, -0.25) is 9.48 Å². The Balaban J connectivity index is 2.49. The first-order valence-electron chi connectivity index (χ1n) is 5.58. The molecule has 0 aliphatic carbocycles. The van der Waals surface area contributed by atoms with Crippen LogP contribution in [0.15, 0.2) is 0 Å². The number of carbonyl (C=O) groups excluding carboxylic acids is 1. The number of carbonyl (C=O) groups is 1. The molecule has 0 radical (unpaired) electrons. The van der Waals surface area contributed by atoms with E-state index in [4.69, 9.17) is 11.6 Å². The van der Waals surface area contributed by atoms with E-state index in [2.05, 4.69) is 9.84 Å². The van der Waals surface area contributed by atoms with E-state index in [0.717, 1.165) is 0 Å². The van der Waals surface area contributed by atoms with Crippen molar-refractivity contribution in [3.05, 3.63) is 16.4 Å². The Morgan fingerprint density at radius 3 is 2.55 bits per heavy atom. The van der Waals surface area contributed by atoms with E-state index in [-0.39, 0.29) is 6.42 Å². The van der Waals surface area contributed by atoms with Crippen LogP contribution in [0.3, 0.4) is 0 Å². The first kappa shape index (κ1) is 16.9.